The first-order valence-corrected chi connectivity index (χ1v) is 8.28. The lowest BCUT2D eigenvalue weighted by atomic mass is 9.67. The van der Waals surface area contributed by atoms with Gasteiger partial charge in [0, 0.05) is 6.42 Å². The fourth-order valence-corrected chi connectivity index (χ4v) is 2.62. The van der Waals surface area contributed by atoms with Crippen molar-refractivity contribution >= 4 is 17.7 Å². The van der Waals surface area contributed by atoms with E-state index in [1.807, 2.05) is 0 Å². The van der Waals surface area contributed by atoms with Crippen LogP contribution in [-0.4, -0.2) is 47.0 Å². The Morgan fingerprint density at radius 1 is 0.960 bits per heavy atom. The van der Waals surface area contributed by atoms with Crippen molar-refractivity contribution in [2.45, 2.75) is 83.1 Å². The minimum Gasteiger partial charge on any atom is -0.459 e. The van der Waals surface area contributed by atoms with Crippen molar-refractivity contribution in [1.82, 2.24) is 0 Å². The monoisotopic (exact) mass is 357 g/mol. The fraction of sp³-hybridized carbons (Fsp3) is 0.824. The molecule has 0 amide bonds. The second kappa shape index (κ2) is 6.92. The second-order valence-electron chi connectivity index (χ2n) is 8.46. The van der Waals surface area contributed by atoms with E-state index in [0.717, 1.165) is 0 Å². The topological polar surface area (TPSA) is 126 Å². The molecule has 8 nitrogen and oxygen atoms in total. The van der Waals surface area contributed by atoms with Gasteiger partial charge in [-0.15, -0.1) is 0 Å². The molecule has 1 fully saturated rings. The highest BCUT2D eigenvalue weighted by atomic mass is 16.6. The Morgan fingerprint density at radius 3 is 1.80 bits per heavy atom. The quantitative estimate of drug-likeness (QED) is 0.575. The van der Waals surface area contributed by atoms with Crippen LogP contribution in [0.1, 0.15) is 60.8 Å². The molecule has 2 atom stereocenters. The van der Waals surface area contributed by atoms with Crippen molar-refractivity contribution in [1.29, 1.82) is 0 Å². The maximum Gasteiger partial charge on any atom is 0.329 e. The summed E-state index contributed by atoms with van der Waals surface area (Å²) >= 11 is 0. The molecule has 144 valence electrons. The van der Waals surface area contributed by atoms with E-state index in [2.05, 4.69) is 5.16 Å². The van der Waals surface area contributed by atoms with Gasteiger partial charge in [0.2, 0.25) is 0 Å². The Morgan fingerprint density at radius 2 is 1.40 bits per heavy atom. The minimum atomic E-state index is -1.81. The van der Waals surface area contributed by atoms with E-state index in [-0.39, 0.29) is 12.8 Å². The number of esters is 2. The Balaban J connectivity index is 3.30. The van der Waals surface area contributed by atoms with Crippen LogP contribution in [0.3, 0.4) is 0 Å². The van der Waals surface area contributed by atoms with E-state index >= 15 is 0 Å². The Bertz CT molecular complexity index is 562. The number of nitrogens with two attached hydrogens (primary N) is 2. The standard InChI is InChI=1S/C17H31N3O5/c1-14(2,3)24-12(21)16(18)9-8-11(20-23-7)10-17(16,19)13(22)25-15(4,5)6/h8-10,18-19H2,1-7H3. The van der Waals surface area contributed by atoms with Crippen molar-refractivity contribution in [3.05, 3.63) is 0 Å². The summed E-state index contributed by atoms with van der Waals surface area (Å²) in [5, 5.41) is 3.88. The van der Waals surface area contributed by atoms with E-state index in [1.54, 1.807) is 41.5 Å². The molecular formula is C17H31N3O5. The zero-order chi connectivity index (χ0) is 19.7. The Hall–Kier alpha value is -1.67. The molecule has 8 heteroatoms. The summed E-state index contributed by atoms with van der Waals surface area (Å²) in [6.45, 7) is 10.3. The molecule has 1 aliphatic carbocycles. The summed E-state index contributed by atoms with van der Waals surface area (Å²) < 4.78 is 10.9. The first-order chi connectivity index (χ1) is 11.1. The van der Waals surface area contributed by atoms with E-state index in [4.69, 9.17) is 25.8 Å². The molecule has 2 unspecified atom stereocenters. The van der Waals surface area contributed by atoms with Gasteiger partial charge in [0.1, 0.15) is 29.4 Å². The average Bonchev–Trinajstić information content (AvgIpc) is 2.39. The van der Waals surface area contributed by atoms with Crippen molar-refractivity contribution in [2.75, 3.05) is 7.11 Å². The molecule has 0 bridgehead atoms. The lowest BCUT2D eigenvalue weighted by Crippen LogP contribution is -2.77. The van der Waals surface area contributed by atoms with Crippen molar-refractivity contribution in [3.63, 3.8) is 0 Å². The van der Waals surface area contributed by atoms with Crippen LogP contribution in [0.4, 0.5) is 0 Å². The lowest BCUT2D eigenvalue weighted by Gasteiger charge is -2.46. The average molecular weight is 357 g/mol. The molecule has 0 heterocycles. The smallest absolute Gasteiger partial charge is 0.329 e. The van der Waals surface area contributed by atoms with Crippen LogP contribution >= 0.6 is 0 Å². The fourth-order valence-electron chi connectivity index (χ4n) is 2.62. The van der Waals surface area contributed by atoms with Crippen LogP contribution < -0.4 is 11.5 Å². The molecule has 1 saturated carbocycles. The SMILES string of the molecule is CON=C1CCC(N)(C(=O)OC(C)(C)C)C(N)(C(=O)OC(C)(C)C)C1. The summed E-state index contributed by atoms with van der Waals surface area (Å²) in [6, 6.07) is 0. The predicted octanol–water partition coefficient (Wildman–Crippen LogP) is 1.25. The van der Waals surface area contributed by atoms with Gasteiger partial charge in [-0.1, -0.05) is 5.16 Å². The van der Waals surface area contributed by atoms with Crippen molar-refractivity contribution in [2.24, 2.45) is 16.6 Å². The van der Waals surface area contributed by atoms with Gasteiger partial charge in [0.15, 0.2) is 0 Å². The first kappa shape index (κ1) is 21.4. The van der Waals surface area contributed by atoms with Crippen LogP contribution in [-0.2, 0) is 23.9 Å². The molecule has 0 radical (unpaired) electrons. The van der Waals surface area contributed by atoms with Crippen LogP contribution in [0.5, 0.6) is 0 Å². The largest absolute Gasteiger partial charge is 0.459 e. The third-order valence-corrected chi connectivity index (χ3v) is 3.83. The molecule has 4 N–H and O–H groups in total. The summed E-state index contributed by atoms with van der Waals surface area (Å²) in [4.78, 5) is 30.4. The second-order valence-corrected chi connectivity index (χ2v) is 8.46. The van der Waals surface area contributed by atoms with Gasteiger partial charge in [-0.05, 0) is 54.4 Å². The van der Waals surface area contributed by atoms with E-state index in [0.29, 0.717) is 12.1 Å². The highest BCUT2D eigenvalue weighted by Gasteiger charge is 2.62. The maximum atomic E-state index is 12.8. The number of hydrogen-bond donors (Lipinski definition) is 2. The van der Waals surface area contributed by atoms with E-state index in [1.165, 1.54) is 7.11 Å². The normalized spacial score (nSPS) is 29.2. The minimum absolute atomic E-state index is 0.0501. The number of oxime groups is 1. The lowest BCUT2D eigenvalue weighted by molar-refractivity contribution is -0.177. The predicted molar refractivity (Wildman–Crippen MR) is 93.8 cm³/mol. The van der Waals surface area contributed by atoms with Gasteiger partial charge in [-0.2, -0.15) is 0 Å². The van der Waals surface area contributed by atoms with Crippen LogP contribution in [0.25, 0.3) is 0 Å². The molecule has 0 spiro atoms. The molecule has 0 aliphatic heterocycles. The molecule has 0 aromatic heterocycles. The highest BCUT2D eigenvalue weighted by Crippen LogP contribution is 2.36. The van der Waals surface area contributed by atoms with Crippen LogP contribution in [0, 0.1) is 0 Å². The Labute approximate surface area is 149 Å². The molecule has 1 rings (SSSR count). The van der Waals surface area contributed by atoms with Gasteiger partial charge in [0.05, 0.1) is 5.71 Å². The van der Waals surface area contributed by atoms with E-state index in [9.17, 15) is 9.59 Å². The molecule has 25 heavy (non-hydrogen) atoms. The Kier molecular flexibility index (Phi) is 5.91. The number of ether oxygens (including phenoxy) is 2. The van der Waals surface area contributed by atoms with E-state index < -0.39 is 34.2 Å². The summed E-state index contributed by atoms with van der Waals surface area (Å²) in [5.41, 5.74) is 8.22. The number of carbonyl (C=O) groups is 2. The summed E-state index contributed by atoms with van der Waals surface area (Å²) in [6.07, 6.45) is 0.413. The zero-order valence-electron chi connectivity index (χ0n) is 16.3. The third kappa shape index (κ3) is 4.92. The molecule has 0 aromatic rings. The van der Waals surface area contributed by atoms with Gasteiger partial charge in [-0.3, -0.25) is 0 Å². The van der Waals surface area contributed by atoms with Gasteiger partial charge >= 0.3 is 11.9 Å². The molecule has 0 saturated heterocycles. The van der Waals surface area contributed by atoms with Crippen LogP contribution in [0.15, 0.2) is 5.16 Å². The van der Waals surface area contributed by atoms with Gasteiger partial charge in [-0.25, -0.2) is 9.59 Å². The van der Waals surface area contributed by atoms with Gasteiger partial charge in [0.25, 0.3) is 0 Å². The number of rotatable bonds is 3. The van der Waals surface area contributed by atoms with Crippen LogP contribution in [0.2, 0.25) is 0 Å². The first-order valence-electron chi connectivity index (χ1n) is 8.28. The van der Waals surface area contributed by atoms with Gasteiger partial charge < -0.3 is 25.8 Å². The zero-order valence-corrected chi connectivity index (χ0v) is 16.3. The van der Waals surface area contributed by atoms with Crippen molar-refractivity contribution in [3.8, 4) is 0 Å². The molecule has 0 aromatic carbocycles. The van der Waals surface area contributed by atoms with Crippen molar-refractivity contribution < 1.29 is 23.9 Å². The highest BCUT2D eigenvalue weighted by molar-refractivity contribution is 6.02. The summed E-state index contributed by atoms with van der Waals surface area (Å²) in [7, 11) is 1.40. The number of hydrogen-bond acceptors (Lipinski definition) is 8. The maximum absolute atomic E-state index is 12.8. The molecular weight excluding hydrogens is 326 g/mol. The third-order valence-electron chi connectivity index (χ3n) is 3.83. The number of carbonyl (C=O) groups excluding carboxylic acids is 2. The summed E-state index contributed by atoms with van der Waals surface area (Å²) in [5.74, 6) is -1.50. The molecule has 1 aliphatic rings. The number of nitrogens with zero attached hydrogens (tertiary/aromatic N) is 1.